The van der Waals surface area contributed by atoms with E-state index >= 15 is 0 Å². The summed E-state index contributed by atoms with van der Waals surface area (Å²) in [4.78, 5) is 3.86. The number of nitrogens with one attached hydrogen (secondary N) is 1. The maximum atomic E-state index is 10.2. The van der Waals surface area contributed by atoms with Gasteiger partial charge in [0, 0.05) is 5.69 Å². The van der Waals surface area contributed by atoms with Crippen molar-refractivity contribution < 1.29 is 14.7 Å². The number of hydrogen-bond acceptors (Lipinski definition) is 3. The predicted octanol–water partition coefficient (Wildman–Crippen LogP) is 0.831. The van der Waals surface area contributed by atoms with E-state index in [9.17, 15) is 5.11 Å². The Bertz CT molecular complexity index is 568. The molecule has 2 aromatic rings. The van der Waals surface area contributed by atoms with Crippen LogP contribution in [0, 0.1) is 0 Å². The van der Waals surface area contributed by atoms with Crippen molar-refractivity contribution in [1.82, 2.24) is 0 Å². The predicted molar refractivity (Wildman–Crippen MR) is 92.2 cm³/mol. The van der Waals surface area contributed by atoms with Gasteiger partial charge in [0.2, 0.25) is 0 Å². The Labute approximate surface area is 137 Å². The summed E-state index contributed by atoms with van der Waals surface area (Å²) in [7, 11) is 0. The molecule has 1 atom stereocenters. The summed E-state index contributed by atoms with van der Waals surface area (Å²) in [6.45, 7) is 5.27. The lowest BCUT2D eigenvalue weighted by molar-refractivity contribution is -0.903. The molecule has 23 heavy (non-hydrogen) atoms. The van der Waals surface area contributed by atoms with Crippen LogP contribution >= 0.6 is 0 Å². The SMILES string of the molecule is OC(COc1ccccc1)C[NH+]1CCN(c2ccccc2)CC1. The second-order valence-electron chi connectivity index (χ2n) is 6.05. The van der Waals surface area contributed by atoms with Crippen molar-refractivity contribution in [2.75, 3.05) is 44.2 Å². The highest BCUT2D eigenvalue weighted by Gasteiger charge is 2.22. The fraction of sp³-hybridized carbons (Fsp3) is 0.368. The van der Waals surface area contributed by atoms with Gasteiger partial charge in [0.05, 0.1) is 26.2 Å². The molecule has 0 aromatic heterocycles. The molecule has 1 fully saturated rings. The largest absolute Gasteiger partial charge is 0.491 e. The average Bonchev–Trinajstić information content (AvgIpc) is 2.62. The molecule has 4 heteroatoms. The van der Waals surface area contributed by atoms with E-state index in [4.69, 9.17) is 4.74 Å². The van der Waals surface area contributed by atoms with E-state index in [0.717, 1.165) is 38.5 Å². The highest BCUT2D eigenvalue weighted by molar-refractivity contribution is 5.46. The first-order valence-corrected chi connectivity index (χ1v) is 8.31. The Morgan fingerprint density at radius 3 is 2.22 bits per heavy atom. The minimum absolute atomic E-state index is 0.357. The second kappa shape index (κ2) is 7.99. The topological polar surface area (TPSA) is 37.1 Å². The quantitative estimate of drug-likeness (QED) is 0.829. The molecule has 2 N–H and O–H groups in total. The number of hydrogen-bond donors (Lipinski definition) is 2. The maximum absolute atomic E-state index is 10.2. The lowest BCUT2D eigenvalue weighted by Gasteiger charge is -2.34. The van der Waals surface area contributed by atoms with Crippen molar-refractivity contribution in [2.24, 2.45) is 0 Å². The molecule has 0 radical (unpaired) electrons. The third-order valence-corrected chi connectivity index (χ3v) is 4.30. The summed E-state index contributed by atoms with van der Waals surface area (Å²) in [6, 6.07) is 20.2. The zero-order valence-corrected chi connectivity index (χ0v) is 13.4. The normalized spacial score (nSPS) is 17.0. The molecule has 2 aromatic carbocycles. The van der Waals surface area contributed by atoms with E-state index in [2.05, 4.69) is 29.2 Å². The van der Waals surface area contributed by atoms with Crippen molar-refractivity contribution in [2.45, 2.75) is 6.10 Å². The number of aliphatic hydroxyl groups is 1. The number of quaternary nitrogens is 1. The lowest BCUT2D eigenvalue weighted by Crippen LogP contribution is -3.16. The lowest BCUT2D eigenvalue weighted by atomic mass is 10.2. The van der Waals surface area contributed by atoms with Crippen LogP contribution in [-0.2, 0) is 0 Å². The number of rotatable bonds is 6. The molecule has 0 aliphatic carbocycles. The van der Waals surface area contributed by atoms with Gasteiger partial charge in [-0.25, -0.2) is 0 Å². The summed E-state index contributed by atoms with van der Waals surface area (Å²) < 4.78 is 5.63. The van der Waals surface area contributed by atoms with Gasteiger partial charge in [-0.1, -0.05) is 36.4 Å². The van der Waals surface area contributed by atoms with Crippen molar-refractivity contribution in [1.29, 1.82) is 0 Å². The van der Waals surface area contributed by atoms with E-state index in [0.29, 0.717) is 6.61 Å². The fourth-order valence-corrected chi connectivity index (χ4v) is 3.03. The zero-order valence-electron chi connectivity index (χ0n) is 13.4. The summed E-state index contributed by atoms with van der Waals surface area (Å²) >= 11 is 0. The molecule has 4 nitrogen and oxygen atoms in total. The summed E-state index contributed by atoms with van der Waals surface area (Å²) in [5.74, 6) is 0.815. The fourth-order valence-electron chi connectivity index (χ4n) is 3.03. The van der Waals surface area contributed by atoms with Crippen LogP contribution in [0.15, 0.2) is 60.7 Å². The molecular formula is C19H25N2O2+. The molecule has 1 aliphatic rings. The zero-order chi connectivity index (χ0) is 15.9. The van der Waals surface area contributed by atoms with Crippen LogP contribution in [0.5, 0.6) is 5.75 Å². The Morgan fingerprint density at radius 2 is 1.57 bits per heavy atom. The second-order valence-corrected chi connectivity index (χ2v) is 6.05. The van der Waals surface area contributed by atoms with Crippen molar-refractivity contribution in [3.05, 3.63) is 60.7 Å². The van der Waals surface area contributed by atoms with Gasteiger partial charge < -0.3 is 19.6 Å². The molecule has 1 unspecified atom stereocenters. The number of benzene rings is 2. The maximum Gasteiger partial charge on any atom is 0.137 e. The molecule has 0 amide bonds. The number of aliphatic hydroxyl groups excluding tert-OH is 1. The van der Waals surface area contributed by atoms with Gasteiger partial charge in [-0.05, 0) is 24.3 Å². The van der Waals surface area contributed by atoms with Gasteiger partial charge in [0.1, 0.15) is 25.0 Å². The van der Waals surface area contributed by atoms with Gasteiger partial charge in [-0.3, -0.25) is 0 Å². The number of anilines is 1. The van der Waals surface area contributed by atoms with Gasteiger partial charge in [-0.15, -0.1) is 0 Å². The van der Waals surface area contributed by atoms with Crippen LogP contribution in [-0.4, -0.2) is 50.5 Å². The van der Waals surface area contributed by atoms with Crippen LogP contribution in [0.3, 0.4) is 0 Å². The van der Waals surface area contributed by atoms with E-state index in [1.165, 1.54) is 10.6 Å². The Morgan fingerprint density at radius 1 is 0.957 bits per heavy atom. The highest BCUT2D eigenvalue weighted by Crippen LogP contribution is 2.12. The first-order chi connectivity index (χ1) is 11.3. The molecule has 1 saturated heterocycles. The Balaban J connectivity index is 1.40. The van der Waals surface area contributed by atoms with Crippen LogP contribution in [0.2, 0.25) is 0 Å². The van der Waals surface area contributed by atoms with E-state index in [1.54, 1.807) is 0 Å². The van der Waals surface area contributed by atoms with Crippen LogP contribution in [0.4, 0.5) is 5.69 Å². The molecule has 1 aliphatic heterocycles. The number of ether oxygens (including phenoxy) is 1. The molecule has 3 rings (SSSR count). The molecular weight excluding hydrogens is 288 g/mol. The molecule has 122 valence electrons. The van der Waals surface area contributed by atoms with Crippen LogP contribution < -0.4 is 14.5 Å². The van der Waals surface area contributed by atoms with Gasteiger partial charge in [-0.2, -0.15) is 0 Å². The monoisotopic (exact) mass is 313 g/mol. The van der Waals surface area contributed by atoms with E-state index in [1.807, 2.05) is 36.4 Å². The molecule has 0 bridgehead atoms. The minimum Gasteiger partial charge on any atom is -0.491 e. The average molecular weight is 313 g/mol. The van der Waals surface area contributed by atoms with Crippen molar-refractivity contribution in [3.8, 4) is 5.75 Å². The molecule has 1 heterocycles. The number of para-hydroxylation sites is 2. The van der Waals surface area contributed by atoms with Crippen LogP contribution in [0.25, 0.3) is 0 Å². The minimum atomic E-state index is -0.423. The highest BCUT2D eigenvalue weighted by atomic mass is 16.5. The molecule has 0 saturated carbocycles. The first kappa shape index (κ1) is 15.8. The summed E-state index contributed by atoms with van der Waals surface area (Å²) in [5.41, 5.74) is 1.29. The molecule has 0 spiro atoms. The number of nitrogens with zero attached hydrogens (tertiary/aromatic N) is 1. The Kier molecular flexibility index (Phi) is 5.51. The van der Waals surface area contributed by atoms with Crippen LogP contribution in [0.1, 0.15) is 0 Å². The van der Waals surface area contributed by atoms with Crippen molar-refractivity contribution in [3.63, 3.8) is 0 Å². The summed E-state index contributed by atoms with van der Waals surface area (Å²) in [6.07, 6.45) is -0.423. The standard InChI is InChI=1S/C19H24N2O2/c22-18(16-23-19-9-5-2-6-10-19)15-20-11-13-21(14-12-20)17-7-3-1-4-8-17/h1-10,18,22H,11-16H2/p+1. The smallest absolute Gasteiger partial charge is 0.137 e. The third-order valence-electron chi connectivity index (χ3n) is 4.30. The van der Waals surface area contributed by atoms with E-state index < -0.39 is 6.10 Å². The van der Waals surface area contributed by atoms with E-state index in [-0.39, 0.29) is 0 Å². The first-order valence-electron chi connectivity index (χ1n) is 8.31. The Hall–Kier alpha value is -2.04. The van der Waals surface area contributed by atoms with Gasteiger partial charge in [0.25, 0.3) is 0 Å². The van der Waals surface area contributed by atoms with Gasteiger partial charge >= 0.3 is 0 Å². The summed E-state index contributed by atoms with van der Waals surface area (Å²) in [5, 5.41) is 10.2. The van der Waals surface area contributed by atoms with Gasteiger partial charge in [0.15, 0.2) is 0 Å². The third kappa shape index (κ3) is 4.71. The van der Waals surface area contributed by atoms with Crippen molar-refractivity contribution >= 4 is 5.69 Å². The number of piperazine rings is 1.